The van der Waals surface area contributed by atoms with Gasteiger partial charge in [-0.25, -0.2) is 8.42 Å². The van der Waals surface area contributed by atoms with Crippen molar-refractivity contribution >= 4 is 9.84 Å². The molecule has 0 aromatic rings. The van der Waals surface area contributed by atoms with E-state index in [0.29, 0.717) is 5.75 Å². The molecule has 0 bridgehead atoms. The zero-order chi connectivity index (χ0) is 11.8. The van der Waals surface area contributed by atoms with Gasteiger partial charge in [0.15, 0.2) is 0 Å². The van der Waals surface area contributed by atoms with Gasteiger partial charge in [-0.3, -0.25) is 0 Å². The van der Waals surface area contributed by atoms with Gasteiger partial charge < -0.3 is 5.32 Å². The molecule has 0 aromatic carbocycles. The summed E-state index contributed by atoms with van der Waals surface area (Å²) in [6.07, 6.45) is 6.10. The molecule has 16 heavy (non-hydrogen) atoms. The van der Waals surface area contributed by atoms with Crippen LogP contribution in [0.4, 0.5) is 0 Å². The van der Waals surface area contributed by atoms with Gasteiger partial charge in [0, 0.05) is 12.8 Å². The van der Waals surface area contributed by atoms with Crippen molar-refractivity contribution in [1.82, 2.24) is 5.32 Å². The van der Waals surface area contributed by atoms with Gasteiger partial charge in [-0.15, -0.1) is 0 Å². The van der Waals surface area contributed by atoms with Crippen LogP contribution in [0.1, 0.15) is 32.6 Å². The fourth-order valence-corrected chi connectivity index (χ4v) is 4.04. The van der Waals surface area contributed by atoms with E-state index in [1.807, 2.05) is 0 Å². The van der Waals surface area contributed by atoms with Crippen molar-refractivity contribution < 1.29 is 8.42 Å². The molecular weight excluding hydrogens is 222 g/mol. The summed E-state index contributed by atoms with van der Waals surface area (Å²) >= 11 is 0. The number of sulfone groups is 1. The lowest BCUT2D eigenvalue weighted by molar-refractivity contribution is 0.243. The highest BCUT2D eigenvalue weighted by molar-refractivity contribution is 7.90. The van der Waals surface area contributed by atoms with Gasteiger partial charge in [-0.05, 0) is 49.5 Å². The van der Waals surface area contributed by atoms with Crippen LogP contribution in [-0.2, 0) is 9.84 Å². The van der Waals surface area contributed by atoms with E-state index in [1.54, 1.807) is 0 Å². The van der Waals surface area contributed by atoms with Crippen molar-refractivity contribution in [2.24, 2.45) is 17.3 Å². The van der Waals surface area contributed by atoms with Crippen LogP contribution < -0.4 is 5.32 Å². The molecule has 2 fully saturated rings. The molecule has 0 spiro atoms. The van der Waals surface area contributed by atoms with Gasteiger partial charge in [-0.1, -0.05) is 6.92 Å². The molecule has 0 saturated heterocycles. The van der Waals surface area contributed by atoms with Gasteiger partial charge in [0.25, 0.3) is 0 Å². The van der Waals surface area contributed by atoms with Gasteiger partial charge in [0.1, 0.15) is 9.84 Å². The molecule has 0 aromatic heterocycles. The van der Waals surface area contributed by atoms with E-state index in [0.717, 1.165) is 31.3 Å². The van der Waals surface area contributed by atoms with Gasteiger partial charge in [-0.2, -0.15) is 0 Å². The van der Waals surface area contributed by atoms with E-state index in [9.17, 15) is 8.42 Å². The summed E-state index contributed by atoms with van der Waals surface area (Å²) in [6, 6.07) is 0. The Kier molecular flexibility index (Phi) is 3.32. The SMILES string of the molecule is CCNCC1(CCS(C)(=O)=O)CC2CC2C1. The molecule has 0 heterocycles. The largest absolute Gasteiger partial charge is 0.316 e. The van der Waals surface area contributed by atoms with Crippen LogP contribution in [0.15, 0.2) is 0 Å². The molecule has 2 atom stereocenters. The van der Waals surface area contributed by atoms with Gasteiger partial charge >= 0.3 is 0 Å². The fourth-order valence-electron chi connectivity index (χ4n) is 3.23. The molecule has 2 aliphatic rings. The second kappa shape index (κ2) is 4.30. The second-order valence-electron chi connectivity index (χ2n) is 5.82. The Morgan fingerprint density at radius 2 is 1.94 bits per heavy atom. The van der Waals surface area contributed by atoms with Crippen molar-refractivity contribution in [2.45, 2.75) is 32.6 Å². The molecule has 4 heteroatoms. The van der Waals surface area contributed by atoms with E-state index in [1.165, 1.54) is 25.5 Å². The topological polar surface area (TPSA) is 46.2 Å². The Labute approximate surface area is 98.9 Å². The monoisotopic (exact) mass is 245 g/mol. The first-order valence-electron chi connectivity index (χ1n) is 6.33. The summed E-state index contributed by atoms with van der Waals surface area (Å²) in [5.41, 5.74) is 0.284. The third-order valence-corrected chi connectivity index (χ3v) is 5.16. The lowest BCUT2D eigenvalue weighted by atomic mass is 9.80. The highest BCUT2D eigenvalue weighted by Gasteiger charge is 2.53. The molecular formula is C12H23NO2S. The summed E-state index contributed by atoms with van der Waals surface area (Å²) in [5, 5.41) is 3.41. The maximum atomic E-state index is 11.3. The first-order chi connectivity index (χ1) is 7.44. The molecule has 0 amide bonds. The van der Waals surface area contributed by atoms with Gasteiger partial charge in [0.05, 0.1) is 5.75 Å². The predicted octanol–water partition coefficient (Wildman–Crippen LogP) is 1.45. The molecule has 2 rings (SSSR count). The standard InChI is InChI=1S/C12H23NO2S/c1-3-13-9-12(4-5-16(2,14)15)7-10-6-11(10)8-12/h10-11,13H,3-9H2,1-2H3. The minimum atomic E-state index is -2.81. The molecule has 3 nitrogen and oxygen atoms in total. The van der Waals surface area contributed by atoms with Crippen LogP contribution >= 0.6 is 0 Å². The van der Waals surface area contributed by atoms with Crippen molar-refractivity contribution in [3.05, 3.63) is 0 Å². The van der Waals surface area contributed by atoms with Crippen molar-refractivity contribution in [3.8, 4) is 0 Å². The highest BCUT2D eigenvalue weighted by atomic mass is 32.2. The number of hydrogen-bond donors (Lipinski definition) is 1. The second-order valence-corrected chi connectivity index (χ2v) is 8.08. The molecule has 0 aliphatic heterocycles. The zero-order valence-corrected chi connectivity index (χ0v) is 11.1. The van der Waals surface area contributed by atoms with Crippen LogP contribution in [0.2, 0.25) is 0 Å². The smallest absolute Gasteiger partial charge is 0.147 e. The molecule has 2 aliphatic carbocycles. The molecule has 0 radical (unpaired) electrons. The highest BCUT2D eigenvalue weighted by Crippen LogP contribution is 2.60. The lowest BCUT2D eigenvalue weighted by Crippen LogP contribution is -2.35. The van der Waals surface area contributed by atoms with Crippen molar-refractivity contribution in [1.29, 1.82) is 0 Å². The van der Waals surface area contributed by atoms with E-state index >= 15 is 0 Å². The summed E-state index contributed by atoms with van der Waals surface area (Å²) < 4.78 is 22.6. The average Bonchev–Trinajstić information content (AvgIpc) is 2.81. The summed E-state index contributed by atoms with van der Waals surface area (Å²) in [7, 11) is -2.81. The number of rotatable bonds is 6. The van der Waals surface area contributed by atoms with E-state index in [2.05, 4.69) is 12.2 Å². The summed E-state index contributed by atoms with van der Waals surface area (Å²) in [5.74, 6) is 2.19. The number of hydrogen-bond acceptors (Lipinski definition) is 3. The Morgan fingerprint density at radius 1 is 1.31 bits per heavy atom. The minimum absolute atomic E-state index is 0.284. The number of fused-ring (bicyclic) bond motifs is 1. The zero-order valence-electron chi connectivity index (χ0n) is 10.3. The van der Waals surface area contributed by atoms with Crippen LogP contribution in [0.5, 0.6) is 0 Å². The van der Waals surface area contributed by atoms with E-state index in [4.69, 9.17) is 0 Å². The third kappa shape index (κ3) is 2.98. The van der Waals surface area contributed by atoms with Crippen LogP contribution in [0.3, 0.4) is 0 Å². The minimum Gasteiger partial charge on any atom is -0.316 e. The molecule has 1 N–H and O–H groups in total. The Balaban J connectivity index is 1.92. The quantitative estimate of drug-likeness (QED) is 0.770. The van der Waals surface area contributed by atoms with Crippen LogP contribution in [-0.4, -0.2) is 33.5 Å². The van der Waals surface area contributed by atoms with Gasteiger partial charge in [0.2, 0.25) is 0 Å². The Morgan fingerprint density at radius 3 is 2.44 bits per heavy atom. The van der Waals surface area contributed by atoms with Crippen LogP contribution in [0.25, 0.3) is 0 Å². The van der Waals surface area contributed by atoms with Crippen molar-refractivity contribution in [2.75, 3.05) is 25.1 Å². The first-order valence-corrected chi connectivity index (χ1v) is 8.39. The van der Waals surface area contributed by atoms with E-state index in [-0.39, 0.29) is 5.41 Å². The average molecular weight is 245 g/mol. The molecule has 94 valence electrons. The Hall–Kier alpha value is -0.0900. The first kappa shape index (κ1) is 12.4. The normalized spacial score (nSPS) is 37.4. The summed E-state index contributed by atoms with van der Waals surface area (Å²) in [4.78, 5) is 0. The number of nitrogens with one attached hydrogen (secondary N) is 1. The van der Waals surface area contributed by atoms with E-state index < -0.39 is 9.84 Å². The molecule has 2 unspecified atom stereocenters. The maximum absolute atomic E-state index is 11.3. The Bertz CT molecular complexity index is 340. The lowest BCUT2D eigenvalue weighted by Gasteiger charge is -2.31. The van der Waals surface area contributed by atoms with Crippen molar-refractivity contribution in [3.63, 3.8) is 0 Å². The van der Waals surface area contributed by atoms with Crippen LogP contribution in [0, 0.1) is 17.3 Å². The molecule has 2 saturated carbocycles. The third-order valence-electron chi connectivity index (χ3n) is 4.21. The fraction of sp³-hybridized carbons (Fsp3) is 1.00. The summed E-state index contributed by atoms with van der Waals surface area (Å²) in [6.45, 7) is 4.10. The maximum Gasteiger partial charge on any atom is 0.147 e. The predicted molar refractivity (Wildman–Crippen MR) is 66.1 cm³/mol.